The monoisotopic (exact) mass is 417 g/mol. The molecule has 2 aromatic carbocycles. The van der Waals surface area contributed by atoms with E-state index in [1.54, 1.807) is 0 Å². The van der Waals surface area contributed by atoms with Crippen LogP contribution < -0.4 is 4.74 Å². The molecule has 0 amide bonds. The lowest BCUT2D eigenvalue weighted by atomic mass is 9.80. The van der Waals surface area contributed by atoms with Crippen molar-refractivity contribution >= 4 is 32.9 Å². The van der Waals surface area contributed by atoms with Crippen molar-refractivity contribution in [3.63, 3.8) is 0 Å². The lowest BCUT2D eigenvalue weighted by Gasteiger charge is -2.23. The van der Waals surface area contributed by atoms with Crippen LogP contribution in [0.25, 0.3) is 15.8 Å². The summed E-state index contributed by atoms with van der Waals surface area (Å²) in [6, 6.07) is 13.8. The fraction of sp³-hybridized carbons (Fsp3) is 0.360. The zero-order chi connectivity index (χ0) is 20.4. The standard InChI is InChI=1S/C25H23NO3S/c1-2-13-9-10-16(29-25-26-18-5-3-4-6-19(18)30-25)12-17(13)22-23(27)20-14-7-8-15(11-14)21(20)24(22)28/h3-6,9-10,12,14-15,20-21,27H,2,7-8,11H2,1H3/t14-,15+,20-,21?/m0/s1. The molecule has 1 heterocycles. The quantitative estimate of drug-likeness (QED) is 0.552. The number of carbonyl (C=O) groups excluding carboxylic acids is 1. The van der Waals surface area contributed by atoms with Gasteiger partial charge in [-0.1, -0.05) is 36.5 Å². The van der Waals surface area contributed by atoms with E-state index < -0.39 is 0 Å². The van der Waals surface area contributed by atoms with E-state index in [4.69, 9.17) is 4.74 Å². The molecule has 0 spiro atoms. The predicted octanol–water partition coefficient (Wildman–Crippen LogP) is 6.17. The Morgan fingerprint density at radius 2 is 1.93 bits per heavy atom. The van der Waals surface area contributed by atoms with E-state index in [2.05, 4.69) is 11.9 Å². The van der Waals surface area contributed by atoms with Crippen LogP contribution in [0.1, 0.15) is 37.3 Å². The van der Waals surface area contributed by atoms with Crippen molar-refractivity contribution in [1.29, 1.82) is 0 Å². The first kappa shape index (κ1) is 18.1. The first-order chi connectivity index (χ1) is 14.6. The average molecular weight is 418 g/mol. The van der Waals surface area contributed by atoms with Crippen LogP contribution in [0.2, 0.25) is 0 Å². The molecule has 4 atom stereocenters. The Kier molecular flexibility index (Phi) is 4.03. The third-order valence-corrected chi connectivity index (χ3v) is 8.16. The lowest BCUT2D eigenvalue weighted by Crippen LogP contribution is -2.24. The van der Waals surface area contributed by atoms with Crippen LogP contribution >= 0.6 is 11.3 Å². The lowest BCUT2D eigenvalue weighted by molar-refractivity contribution is -0.118. The number of ketones is 1. The van der Waals surface area contributed by atoms with Gasteiger partial charge in [0.1, 0.15) is 11.5 Å². The number of rotatable bonds is 4. The number of aryl methyl sites for hydroxylation is 1. The molecule has 2 fully saturated rings. The summed E-state index contributed by atoms with van der Waals surface area (Å²) in [5.74, 6) is 2.03. The van der Waals surface area contributed by atoms with Gasteiger partial charge in [-0.15, -0.1) is 0 Å². The minimum Gasteiger partial charge on any atom is -0.511 e. The van der Waals surface area contributed by atoms with E-state index in [0.717, 1.165) is 47.0 Å². The van der Waals surface area contributed by atoms with Crippen LogP contribution in [0.5, 0.6) is 10.9 Å². The number of hydrogen-bond acceptors (Lipinski definition) is 5. The van der Waals surface area contributed by atoms with E-state index >= 15 is 0 Å². The summed E-state index contributed by atoms with van der Waals surface area (Å²) in [7, 11) is 0. The highest BCUT2D eigenvalue weighted by atomic mass is 32.1. The molecule has 0 saturated heterocycles. The number of allylic oxidation sites excluding steroid dienone is 2. The molecule has 3 aliphatic carbocycles. The Bertz CT molecular complexity index is 1180. The summed E-state index contributed by atoms with van der Waals surface area (Å²) in [4.78, 5) is 17.9. The van der Waals surface area contributed by atoms with Crippen LogP contribution in [0.15, 0.2) is 48.2 Å². The average Bonchev–Trinajstić information content (AvgIpc) is 3.51. The molecule has 3 aliphatic rings. The maximum absolute atomic E-state index is 13.4. The number of aliphatic hydroxyl groups excluding tert-OH is 1. The number of fused-ring (bicyclic) bond motifs is 6. The topological polar surface area (TPSA) is 59.4 Å². The van der Waals surface area contributed by atoms with Gasteiger partial charge in [-0.25, -0.2) is 4.98 Å². The number of ether oxygens (including phenoxy) is 1. The number of para-hydroxylation sites is 1. The highest BCUT2D eigenvalue weighted by Gasteiger charge is 2.57. The van der Waals surface area contributed by atoms with Gasteiger partial charge in [0.2, 0.25) is 0 Å². The van der Waals surface area contributed by atoms with Gasteiger partial charge in [0.05, 0.1) is 15.8 Å². The van der Waals surface area contributed by atoms with Crippen LogP contribution in [0.4, 0.5) is 0 Å². The van der Waals surface area contributed by atoms with Gasteiger partial charge in [-0.3, -0.25) is 4.79 Å². The number of nitrogens with zero attached hydrogens (tertiary/aromatic N) is 1. The van der Waals surface area contributed by atoms with E-state index in [0.29, 0.717) is 34.1 Å². The van der Waals surface area contributed by atoms with Crippen molar-refractivity contribution in [2.45, 2.75) is 32.6 Å². The van der Waals surface area contributed by atoms with Crippen LogP contribution in [0, 0.1) is 23.7 Å². The Balaban J connectivity index is 1.39. The number of thiazole rings is 1. The highest BCUT2D eigenvalue weighted by molar-refractivity contribution is 7.20. The van der Waals surface area contributed by atoms with Crippen LogP contribution in [0.3, 0.4) is 0 Å². The highest BCUT2D eigenvalue weighted by Crippen LogP contribution is 2.60. The maximum Gasteiger partial charge on any atom is 0.279 e. The summed E-state index contributed by atoms with van der Waals surface area (Å²) in [5.41, 5.74) is 3.34. The van der Waals surface area contributed by atoms with Crippen molar-refractivity contribution in [1.82, 2.24) is 4.98 Å². The number of carbonyl (C=O) groups is 1. The molecular weight excluding hydrogens is 394 g/mol. The predicted molar refractivity (Wildman–Crippen MR) is 118 cm³/mol. The van der Waals surface area contributed by atoms with Crippen LogP contribution in [-0.2, 0) is 11.2 Å². The van der Waals surface area contributed by atoms with Crippen molar-refractivity contribution in [3.8, 4) is 10.9 Å². The third-order valence-electron chi connectivity index (χ3n) is 7.25. The van der Waals surface area contributed by atoms with E-state index in [1.165, 1.54) is 11.3 Å². The van der Waals surface area contributed by atoms with Crippen molar-refractivity contribution in [2.75, 3.05) is 0 Å². The molecule has 0 radical (unpaired) electrons. The van der Waals surface area contributed by atoms with Crippen molar-refractivity contribution < 1.29 is 14.6 Å². The summed E-state index contributed by atoms with van der Waals surface area (Å²) >= 11 is 1.50. The molecule has 1 unspecified atom stereocenters. The summed E-state index contributed by atoms with van der Waals surface area (Å²) in [5, 5.41) is 11.7. The molecular formula is C25H23NO3S. The zero-order valence-corrected chi connectivity index (χ0v) is 17.6. The Morgan fingerprint density at radius 1 is 1.13 bits per heavy atom. The number of aliphatic hydroxyl groups is 1. The first-order valence-corrected chi connectivity index (χ1v) is 11.6. The zero-order valence-electron chi connectivity index (χ0n) is 16.8. The number of hydrogen-bond donors (Lipinski definition) is 1. The van der Waals surface area contributed by atoms with Gasteiger partial charge in [0.15, 0.2) is 5.78 Å². The molecule has 30 heavy (non-hydrogen) atoms. The molecule has 5 heteroatoms. The van der Waals surface area contributed by atoms with Gasteiger partial charge in [-0.2, -0.15) is 0 Å². The van der Waals surface area contributed by atoms with Gasteiger partial charge in [0.25, 0.3) is 5.19 Å². The van der Waals surface area contributed by atoms with Gasteiger partial charge < -0.3 is 9.84 Å². The Labute approximate surface area is 179 Å². The fourth-order valence-electron chi connectivity index (χ4n) is 5.95. The second-order valence-corrected chi connectivity index (χ2v) is 9.72. The molecule has 4 nitrogen and oxygen atoms in total. The third kappa shape index (κ3) is 2.58. The second-order valence-electron chi connectivity index (χ2n) is 8.73. The van der Waals surface area contributed by atoms with E-state index in [9.17, 15) is 9.90 Å². The fourth-order valence-corrected chi connectivity index (χ4v) is 6.78. The molecule has 1 aromatic heterocycles. The van der Waals surface area contributed by atoms with Gasteiger partial charge in [0, 0.05) is 11.8 Å². The number of Topliss-reactive ketones (excluding diaryl/α,β-unsaturated/α-hetero) is 1. The normalized spacial score (nSPS) is 27.3. The molecule has 2 saturated carbocycles. The smallest absolute Gasteiger partial charge is 0.279 e. The Hall–Kier alpha value is -2.66. The van der Waals surface area contributed by atoms with Crippen molar-refractivity contribution in [3.05, 3.63) is 59.4 Å². The van der Waals surface area contributed by atoms with Gasteiger partial charge >= 0.3 is 0 Å². The van der Waals surface area contributed by atoms with E-state index in [1.807, 2.05) is 42.5 Å². The number of aromatic nitrogens is 1. The van der Waals surface area contributed by atoms with Gasteiger partial charge in [-0.05, 0) is 72.9 Å². The molecule has 152 valence electrons. The van der Waals surface area contributed by atoms with E-state index in [-0.39, 0.29) is 17.6 Å². The second kappa shape index (κ2) is 6.67. The summed E-state index contributed by atoms with van der Waals surface area (Å²) in [6.07, 6.45) is 4.15. The maximum atomic E-state index is 13.4. The minimum absolute atomic E-state index is 0.0164. The van der Waals surface area contributed by atoms with Crippen molar-refractivity contribution in [2.24, 2.45) is 23.7 Å². The summed E-state index contributed by atoms with van der Waals surface area (Å²) < 4.78 is 7.15. The molecule has 3 aromatic rings. The number of benzene rings is 2. The largest absolute Gasteiger partial charge is 0.511 e. The SMILES string of the molecule is CCc1ccc(Oc2nc3ccccc3s2)cc1C1=C(O)[C@@H]2C(C1=O)[C@@H]1CC[C@H]2C1. The first-order valence-electron chi connectivity index (χ1n) is 10.8. The minimum atomic E-state index is -0.0164. The Morgan fingerprint density at radius 3 is 2.70 bits per heavy atom. The molecule has 0 aliphatic heterocycles. The molecule has 6 rings (SSSR count). The summed E-state index contributed by atoms with van der Waals surface area (Å²) in [6.45, 7) is 2.08. The van der Waals surface area contributed by atoms with Crippen LogP contribution in [-0.4, -0.2) is 15.9 Å². The molecule has 1 N–H and O–H groups in total. The molecule has 2 bridgehead atoms.